The van der Waals surface area contributed by atoms with Crippen LogP contribution in [-0.2, 0) is 0 Å². The number of carbonyl (C=O) groups excluding carboxylic acids is 1. The molecule has 0 fully saturated rings. The molecule has 0 aliphatic carbocycles. The summed E-state index contributed by atoms with van der Waals surface area (Å²) in [5.74, 6) is 0.331. The molecule has 2 heterocycles. The van der Waals surface area contributed by atoms with Gasteiger partial charge in [0.05, 0.1) is 26.5 Å². The molecule has 0 spiro atoms. The van der Waals surface area contributed by atoms with Crippen LogP contribution in [0.2, 0.25) is 0 Å². The van der Waals surface area contributed by atoms with Gasteiger partial charge in [0.25, 0.3) is 5.91 Å². The molecule has 2 N–H and O–H groups in total. The molecular formula is C24H25F3N4O3. The third kappa shape index (κ3) is 4.40. The molecule has 1 aliphatic rings. The lowest BCUT2D eigenvalue weighted by Gasteiger charge is -2.34. The zero-order valence-corrected chi connectivity index (χ0v) is 19.2. The summed E-state index contributed by atoms with van der Waals surface area (Å²) in [6, 6.07) is 7.89. The van der Waals surface area contributed by atoms with E-state index in [1.54, 1.807) is 18.2 Å². The zero-order chi connectivity index (χ0) is 24.6. The number of rotatable bonds is 5. The summed E-state index contributed by atoms with van der Waals surface area (Å²) in [5, 5.41) is 9.81. The summed E-state index contributed by atoms with van der Waals surface area (Å²) < 4.78 is 53.4. The van der Waals surface area contributed by atoms with Crippen molar-refractivity contribution in [1.82, 2.24) is 9.78 Å². The van der Waals surface area contributed by atoms with Crippen LogP contribution in [-0.4, -0.2) is 36.1 Å². The topological polar surface area (TPSA) is 77.4 Å². The minimum atomic E-state index is -4.56. The Balaban J connectivity index is 1.71. The molecule has 0 bridgehead atoms. The normalized spacial score (nSPS) is 17.5. The number of anilines is 2. The Kier molecular flexibility index (Phi) is 6.16. The van der Waals surface area contributed by atoms with Gasteiger partial charge < -0.3 is 20.1 Å². The average molecular weight is 474 g/mol. The molecule has 0 radical (unpaired) electrons. The van der Waals surface area contributed by atoms with E-state index < -0.39 is 24.2 Å². The SMILES string of the molecule is COc1ccc([C@H]2C[C@H](C(F)(F)F)n3ncc(C(=O)Nc4cc(C)ccc4C)c3N2)cc1OC. The molecule has 180 valence electrons. The summed E-state index contributed by atoms with van der Waals surface area (Å²) in [6.07, 6.45) is -3.69. The monoisotopic (exact) mass is 474 g/mol. The first-order valence-corrected chi connectivity index (χ1v) is 10.6. The lowest BCUT2D eigenvalue weighted by molar-refractivity contribution is -0.173. The number of fused-ring (bicyclic) bond motifs is 1. The Bertz CT molecular complexity index is 1220. The van der Waals surface area contributed by atoms with E-state index in [-0.39, 0.29) is 17.8 Å². The highest BCUT2D eigenvalue weighted by Gasteiger charge is 2.47. The largest absolute Gasteiger partial charge is 0.493 e. The van der Waals surface area contributed by atoms with Gasteiger partial charge in [-0.3, -0.25) is 4.79 Å². The number of hydrogen-bond donors (Lipinski definition) is 2. The molecule has 1 amide bonds. The van der Waals surface area contributed by atoms with Crippen LogP contribution in [0.1, 0.15) is 45.6 Å². The number of alkyl halides is 3. The second-order valence-electron chi connectivity index (χ2n) is 8.23. The standard InChI is InChI=1S/C24H25F3N4O3/c1-13-5-6-14(2)17(9-13)30-23(32)16-12-28-31-21(24(25,26)27)11-18(29-22(16)31)15-7-8-19(33-3)20(10-15)34-4/h5-10,12,18,21,29H,11H2,1-4H3,(H,30,32)/t18-,21-/m1/s1. The first-order valence-electron chi connectivity index (χ1n) is 10.6. The summed E-state index contributed by atoms with van der Waals surface area (Å²) >= 11 is 0. The van der Waals surface area contributed by atoms with Crippen molar-refractivity contribution in [3.63, 3.8) is 0 Å². The molecular weight excluding hydrogens is 449 g/mol. The van der Waals surface area contributed by atoms with Gasteiger partial charge in [-0.05, 0) is 48.7 Å². The van der Waals surface area contributed by atoms with Gasteiger partial charge in [0, 0.05) is 12.1 Å². The average Bonchev–Trinajstić information content (AvgIpc) is 3.23. The van der Waals surface area contributed by atoms with Gasteiger partial charge in [0.15, 0.2) is 17.5 Å². The number of aryl methyl sites for hydroxylation is 2. The minimum absolute atomic E-state index is 0.0103. The Labute approximate surface area is 194 Å². The number of halogens is 3. The number of nitrogens with one attached hydrogen (secondary N) is 2. The van der Waals surface area contributed by atoms with E-state index in [1.807, 2.05) is 32.0 Å². The molecule has 2 aromatic carbocycles. The number of aromatic nitrogens is 2. The highest BCUT2D eigenvalue weighted by atomic mass is 19.4. The molecule has 0 saturated heterocycles. The van der Waals surface area contributed by atoms with E-state index in [0.29, 0.717) is 22.7 Å². The number of benzene rings is 2. The van der Waals surface area contributed by atoms with Crippen molar-refractivity contribution in [3.8, 4) is 11.5 Å². The number of hydrogen-bond acceptors (Lipinski definition) is 5. The number of methoxy groups -OCH3 is 2. The second-order valence-corrected chi connectivity index (χ2v) is 8.23. The molecule has 2 atom stereocenters. The summed E-state index contributed by atoms with van der Waals surface area (Å²) in [5.41, 5.74) is 2.97. The number of ether oxygens (including phenoxy) is 2. The highest BCUT2D eigenvalue weighted by Crippen LogP contribution is 2.45. The number of carbonyl (C=O) groups is 1. The van der Waals surface area contributed by atoms with Crippen LogP contribution in [0, 0.1) is 13.8 Å². The quantitative estimate of drug-likeness (QED) is 0.516. The third-order valence-electron chi connectivity index (χ3n) is 5.93. The van der Waals surface area contributed by atoms with E-state index in [1.165, 1.54) is 20.4 Å². The van der Waals surface area contributed by atoms with Gasteiger partial charge in [-0.15, -0.1) is 0 Å². The summed E-state index contributed by atoms with van der Waals surface area (Å²) in [6.45, 7) is 3.73. The number of nitrogens with zero attached hydrogens (tertiary/aromatic N) is 2. The lowest BCUT2D eigenvalue weighted by Crippen LogP contribution is -2.36. The molecule has 10 heteroatoms. The van der Waals surface area contributed by atoms with Gasteiger partial charge >= 0.3 is 6.18 Å². The van der Waals surface area contributed by atoms with Gasteiger partial charge in [-0.2, -0.15) is 18.3 Å². The van der Waals surface area contributed by atoms with Crippen LogP contribution < -0.4 is 20.1 Å². The van der Waals surface area contributed by atoms with Crippen molar-refractivity contribution in [2.75, 3.05) is 24.9 Å². The maximum absolute atomic E-state index is 14.0. The van der Waals surface area contributed by atoms with Crippen LogP contribution >= 0.6 is 0 Å². The molecule has 0 saturated carbocycles. The van der Waals surface area contributed by atoms with Crippen molar-refractivity contribution in [3.05, 3.63) is 64.8 Å². The molecule has 34 heavy (non-hydrogen) atoms. The van der Waals surface area contributed by atoms with E-state index in [2.05, 4.69) is 15.7 Å². The molecule has 1 aliphatic heterocycles. The Morgan fingerprint density at radius 2 is 1.85 bits per heavy atom. The summed E-state index contributed by atoms with van der Waals surface area (Å²) in [7, 11) is 2.94. The fourth-order valence-electron chi connectivity index (χ4n) is 4.08. The van der Waals surface area contributed by atoms with Crippen LogP contribution in [0.15, 0.2) is 42.6 Å². The van der Waals surface area contributed by atoms with E-state index in [4.69, 9.17) is 9.47 Å². The first-order chi connectivity index (χ1) is 16.1. The van der Waals surface area contributed by atoms with Crippen molar-refractivity contribution in [2.24, 2.45) is 0 Å². The van der Waals surface area contributed by atoms with E-state index in [9.17, 15) is 18.0 Å². The third-order valence-corrected chi connectivity index (χ3v) is 5.93. The maximum atomic E-state index is 14.0. The fraction of sp³-hybridized carbons (Fsp3) is 0.333. The van der Waals surface area contributed by atoms with Crippen molar-refractivity contribution in [2.45, 2.75) is 38.5 Å². The van der Waals surface area contributed by atoms with Crippen LogP contribution in [0.4, 0.5) is 24.7 Å². The molecule has 7 nitrogen and oxygen atoms in total. The predicted molar refractivity (Wildman–Crippen MR) is 122 cm³/mol. The Morgan fingerprint density at radius 1 is 1.12 bits per heavy atom. The minimum Gasteiger partial charge on any atom is -0.493 e. The summed E-state index contributed by atoms with van der Waals surface area (Å²) in [4.78, 5) is 13.1. The van der Waals surface area contributed by atoms with Crippen molar-refractivity contribution in [1.29, 1.82) is 0 Å². The lowest BCUT2D eigenvalue weighted by atomic mass is 9.96. The van der Waals surface area contributed by atoms with Crippen LogP contribution in [0.5, 0.6) is 11.5 Å². The van der Waals surface area contributed by atoms with E-state index >= 15 is 0 Å². The van der Waals surface area contributed by atoms with Gasteiger partial charge in [-0.25, -0.2) is 4.68 Å². The Morgan fingerprint density at radius 3 is 2.53 bits per heavy atom. The Hall–Kier alpha value is -3.69. The fourth-order valence-corrected chi connectivity index (χ4v) is 4.08. The van der Waals surface area contributed by atoms with Crippen LogP contribution in [0.25, 0.3) is 0 Å². The molecule has 1 aromatic heterocycles. The van der Waals surface area contributed by atoms with Crippen LogP contribution in [0.3, 0.4) is 0 Å². The zero-order valence-electron chi connectivity index (χ0n) is 19.2. The van der Waals surface area contributed by atoms with Crippen molar-refractivity contribution >= 4 is 17.4 Å². The van der Waals surface area contributed by atoms with Gasteiger partial charge in [0.1, 0.15) is 11.4 Å². The van der Waals surface area contributed by atoms with Gasteiger partial charge in [-0.1, -0.05) is 18.2 Å². The second kappa shape index (κ2) is 8.92. The van der Waals surface area contributed by atoms with Crippen molar-refractivity contribution < 1.29 is 27.4 Å². The molecule has 3 aromatic rings. The first kappa shape index (κ1) is 23.5. The maximum Gasteiger partial charge on any atom is 0.410 e. The molecule has 4 rings (SSSR count). The molecule has 0 unspecified atom stereocenters. The van der Waals surface area contributed by atoms with E-state index in [0.717, 1.165) is 15.8 Å². The highest BCUT2D eigenvalue weighted by molar-refractivity contribution is 6.08. The number of amides is 1. The smallest absolute Gasteiger partial charge is 0.410 e. The predicted octanol–water partition coefficient (Wildman–Crippen LogP) is 5.43. The van der Waals surface area contributed by atoms with Gasteiger partial charge in [0.2, 0.25) is 0 Å².